The average molecular weight is 274 g/mol. The number of ether oxygens (including phenoxy) is 1. The van der Waals surface area contributed by atoms with E-state index in [1.54, 1.807) is 7.11 Å². The maximum atomic E-state index is 5.16. The number of hydrogen-bond donors (Lipinski definition) is 1. The Morgan fingerprint density at radius 3 is 2.65 bits per heavy atom. The van der Waals surface area contributed by atoms with Crippen molar-refractivity contribution in [2.24, 2.45) is 0 Å². The Hall–Kier alpha value is -1.88. The number of aryl methyl sites for hydroxylation is 1. The first kappa shape index (κ1) is 14.5. The zero-order valence-electron chi connectivity index (χ0n) is 12.5. The molecule has 2 aromatic heterocycles. The van der Waals surface area contributed by atoms with Gasteiger partial charge in [-0.2, -0.15) is 0 Å². The van der Waals surface area contributed by atoms with E-state index in [2.05, 4.69) is 39.9 Å². The predicted octanol–water partition coefficient (Wildman–Crippen LogP) is 2.64. The fourth-order valence-electron chi connectivity index (χ4n) is 2.23. The SMILES string of the molecule is COCC(C)Nc1nc(C)cn1C(C)c1ccncc1. The highest BCUT2D eigenvalue weighted by atomic mass is 16.5. The van der Waals surface area contributed by atoms with E-state index < -0.39 is 0 Å². The van der Waals surface area contributed by atoms with Crippen molar-refractivity contribution in [2.75, 3.05) is 19.0 Å². The van der Waals surface area contributed by atoms with Gasteiger partial charge in [0.1, 0.15) is 0 Å². The molecule has 0 amide bonds. The molecule has 108 valence electrons. The molecule has 0 bridgehead atoms. The molecule has 0 aliphatic rings. The van der Waals surface area contributed by atoms with Crippen molar-refractivity contribution in [2.45, 2.75) is 32.9 Å². The lowest BCUT2D eigenvalue weighted by atomic mass is 10.1. The molecule has 5 nitrogen and oxygen atoms in total. The van der Waals surface area contributed by atoms with Crippen LogP contribution in [0.2, 0.25) is 0 Å². The molecule has 0 aliphatic carbocycles. The van der Waals surface area contributed by atoms with Crippen LogP contribution in [0.4, 0.5) is 5.95 Å². The number of anilines is 1. The summed E-state index contributed by atoms with van der Waals surface area (Å²) in [5, 5.41) is 3.39. The molecular formula is C15H22N4O. The molecule has 5 heteroatoms. The van der Waals surface area contributed by atoms with Crippen molar-refractivity contribution in [1.82, 2.24) is 14.5 Å². The lowest BCUT2D eigenvalue weighted by Crippen LogP contribution is -2.24. The molecule has 0 saturated carbocycles. The zero-order valence-corrected chi connectivity index (χ0v) is 12.5. The third-order valence-electron chi connectivity index (χ3n) is 3.25. The smallest absolute Gasteiger partial charge is 0.203 e. The van der Waals surface area contributed by atoms with Crippen LogP contribution in [0.25, 0.3) is 0 Å². The van der Waals surface area contributed by atoms with Gasteiger partial charge in [-0.15, -0.1) is 0 Å². The minimum absolute atomic E-state index is 0.205. The lowest BCUT2D eigenvalue weighted by molar-refractivity contribution is 0.190. The largest absolute Gasteiger partial charge is 0.383 e. The topological polar surface area (TPSA) is 52.0 Å². The number of methoxy groups -OCH3 is 1. The molecule has 2 aromatic rings. The second-order valence-corrected chi connectivity index (χ2v) is 5.07. The minimum atomic E-state index is 0.205. The Labute approximate surface area is 120 Å². The summed E-state index contributed by atoms with van der Waals surface area (Å²) in [6.45, 7) is 6.88. The summed E-state index contributed by atoms with van der Waals surface area (Å²) in [5.41, 5.74) is 2.21. The van der Waals surface area contributed by atoms with Crippen LogP contribution < -0.4 is 5.32 Å². The van der Waals surface area contributed by atoms with Gasteiger partial charge in [0, 0.05) is 31.7 Å². The average Bonchev–Trinajstić information content (AvgIpc) is 2.80. The van der Waals surface area contributed by atoms with Gasteiger partial charge < -0.3 is 14.6 Å². The number of nitrogens with zero attached hydrogens (tertiary/aromatic N) is 3. The Bertz CT molecular complexity index is 538. The Kier molecular flexibility index (Phi) is 4.74. The van der Waals surface area contributed by atoms with Crippen molar-refractivity contribution in [1.29, 1.82) is 0 Å². The third kappa shape index (κ3) is 3.36. The van der Waals surface area contributed by atoms with Crippen molar-refractivity contribution in [3.8, 4) is 0 Å². The first-order valence-electron chi connectivity index (χ1n) is 6.82. The van der Waals surface area contributed by atoms with E-state index in [9.17, 15) is 0 Å². The van der Waals surface area contributed by atoms with Crippen molar-refractivity contribution in [3.63, 3.8) is 0 Å². The van der Waals surface area contributed by atoms with Crippen molar-refractivity contribution < 1.29 is 4.74 Å². The monoisotopic (exact) mass is 274 g/mol. The number of pyridine rings is 1. The number of nitrogens with one attached hydrogen (secondary N) is 1. The normalized spacial score (nSPS) is 14.0. The Morgan fingerprint density at radius 2 is 2.00 bits per heavy atom. The van der Waals surface area contributed by atoms with Crippen molar-refractivity contribution in [3.05, 3.63) is 42.0 Å². The molecule has 0 saturated heterocycles. The van der Waals surface area contributed by atoms with E-state index in [0.29, 0.717) is 6.61 Å². The molecule has 0 radical (unpaired) electrons. The van der Waals surface area contributed by atoms with Gasteiger partial charge in [0.15, 0.2) is 0 Å². The molecule has 0 fully saturated rings. The molecule has 0 aromatic carbocycles. The van der Waals surface area contributed by atoms with Crippen molar-refractivity contribution >= 4 is 5.95 Å². The summed E-state index contributed by atoms with van der Waals surface area (Å²) in [5.74, 6) is 0.872. The van der Waals surface area contributed by atoms with Gasteiger partial charge in [0.05, 0.1) is 18.3 Å². The van der Waals surface area contributed by atoms with Crippen LogP contribution in [0.5, 0.6) is 0 Å². The highest BCUT2D eigenvalue weighted by molar-refractivity contribution is 5.33. The molecule has 0 spiro atoms. The zero-order chi connectivity index (χ0) is 14.5. The van der Waals surface area contributed by atoms with Gasteiger partial charge in [-0.3, -0.25) is 4.98 Å². The molecule has 2 heterocycles. The van der Waals surface area contributed by atoms with Crippen LogP contribution in [-0.4, -0.2) is 34.3 Å². The summed E-state index contributed by atoms with van der Waals surface area (Å²) >= 11 is 0. The maximum Gasteiger partial charge on any atom is 0.203 e. The minimum Gasteiger partial charge on any atom is -0.383 e. The van der Waals surface area contributed by atoms with Crippen LogP contribution >= 0.6 is 0 Å². The van der Waals surface area contributed by atoms with Gasteiger partial charge in [-0.1, -0.05) is 0 Å². The summed E-state index contributed by atoms with van der Waals surface area (Å²) in [7, 11) is 1.70. The Balaban J connectivity index is 2.23. The molecule has 2 rings (SSSR count). The van der Waals surface area contributed by atoms with Crippen LogP contribution in [-0.2, 0) is 4.74 Å². The maximum absolute atomic E-state index is 5.16. The molecule has 1 N–H and O–H groups in total. The van der Waals surface area contributed by atoms with E-state index in [1.165, 1.54) is 5.56 Å². The van der Waals surface area contributed by atoms with E-state index in [4.69, 9.17) is 4.74 Å². The van der Waals surface area contributed by atoms with Gasteiger partial charge >= 0.3 is 0 Å². The highest BCUT2D eigenvalue weighted by Crippen LogP contribution is 2.22. The molecule has 0 aliphatic heterocycles. The first-order chi connectivity index (χ1) is 9.61. The van der Waals surface area contributed by atoms with E-state index in [-0.39, 0.29) is 12.1 Å². The fraction of sp³-hybridized carbons (Fsp3) is 0.467. The lowest BCUT2D eigenvalue weighted by Gasteiger charge is -2.19. The van der Waals surface area contributed by atoms with Crippen LogP contribution in [0.3, 0.4) is 0 Å². The second-order valence-electron chi connectivity index (χ2n) is 5.07. The Morgan fingerprint density at radius 1 is 1.30 bits per heavy atom. The summed E-state index contributed by atoms with van der Waals surface area (Å²) in [6.07, 6.45) is 5.69. The molecule has 2 unspecified atom stereocenters. The van der Waals surface area contributed by atoms with E-state index >= 15 is 0 Å². The number of hydrogen-bond acceptors (Lipinski definition) is 4. The van der Waals surface area contributed by atoms with Crippen LogP contribution in [0.1, 0.15) is 31.1 Å². The van der Waals surface area contributed by atoms with Crippen LogP contribution in [0, 0.1) is 6.92 Å². The standard InChI is InChI=1S/C15H22N4O/c1-11-9-19(13(3)14-5-7-16-8-6-14)15(17-11)18-12(2)10-20-4/h5-9,12-13H,10H2,1-4H3,(H,17,18). The molecule has 20 heavy (non-hydrogen) atoms. The van der Waals surface area contributed by atoms with Gasteiger partial charge in [0.2, 0.25) is 5.95 Å². The van der Waals surface area contributed by atoms with Gasteiger partial charge in [-0.25, -0.2) is 4.98 Å². The molecular weight excluding hydrogens is 252 g/mol. The third-order valence-corrected chi connectivity index (χ3v) is 3.25. The fourth-order valence-corrected chi connectivity index (χ4v) is 2.23. The first-order valence-corrected chi connectivity index (χ1v) is 6.82. The van der Waals surface area contributed by atoms with Gasteiger partial charge in [0.25, 0.3) is 0 Å². The number of aromatic nitrogens is 3. The summed E-state index contributed by atoms with van der Waals surface area (Å²) < 4.78 is 7.31. The van der Waals surface area contributed by atoms with Gasteiger partial charge in [-0.05, 0) is 38.5 Å². The predicted molar refractivity (Wildman–Crippen MR) is 80.0 cm³/mol. The highest BCUT2D eigenvalue weighted by Gasteiger charge is 2.15. The van der Waals surface area contributed by atoms with E-state index in [0.717, 1.165) is 11.6 Å². The van der Waals surface area contributed by atoms with E-state index in [1.807, 2.05) is 31.5 Å². The summed E-state index contributed by atoms with van der Waals surface area (Å²) in [6, 6.07) is 4.48. The summed E-state index contributed by atoms with van der Waals surface area (Å²) in [4.78, 5) is 8.62. The van der Waals surface area contributed by atoms with Crippen LogP contribution in [0.15, 0.2) is 30.7 Å². The quantitative estimate of drug-likeness (QED) is 0.880. The number of rotatable bonds is 6. The molecule has 2 atom stereocenters. The second kappa shape index (κ2) is 6.52. The number of imidazole rings is 1.